The van der Waals surface area contributed by atoms with Crippen molar-refractivity contribution in [3.63, 3.8) is 0 Å². The number of benzene rings is 1. The van der Waals surface area contributed by atoms with Gasteiger partial charge in [-0.3, -0.25) is 0 Å². The number of hydrogen-bond acceptors (Lipinski definition) is 1. The van der Waals surface area contributed by atoms with Gasteiger partial charge in [0, 0.05) is 23.5 Å². The van der Waals surface area contributed by atoms with Crippen molar-refractivity contribution in [2.45, 2.75) is 26.4 Å². The predicted molar refractivity (Wildman–Crippen MR) is 65.6 cm³/mol. The molecule has 0 aliphatic rings. The maximum atomic E-state index is 13.3. The topological polar surface area (TPSA) is 12.0 Å². The van der Waals surface area contributed by atoms with E-state index in [9.17, 15) is 8.78 Å². The summed E-state index contributed by atoms with van der Waals surface area (Å²) in [7, 11) is 0. The summed E-state index contributed by atoms with van der Waals surface area (Å²) in [5, 5.41) is 3.98. The largest absolute Gasteiger partial charge is 0.310 e. The van der Waals surface area contributed by atoms with E-state index in [4.69, 9.17) is 0 Å². The van der Waals surface area contributed by atoms with Crippen molar-refractivity contribution in [3.8, 4) is 0 Å². The summed E-state index contributed by atoms with van der Waals surface area (Å²) in [4.78, 5) is 0. The summed E-state index contributed by atoms with van der Waals surface area (Å²) in [5.74, 6) is -0.577. The molecule has 0 spiro atoms. The highest BCUT2D eigenvalue weighted by Gasteiger charge is 2.13. The molecule has 2 atom stereocenters. The molecular formula is C12H16BrF2N. The molecule has 1 aromatic rings. The van der Waals surface area contributed by atoms with Gasteiger partial charge in [0.2, 0.25) is 0 Å². The Morgan fingerprint density at radius 1 is 1.25 bits per heavy atom. The molecule has 0 saturated heterocycles. The van der Waals surface area contributed by atoms with Gasteiger partial charge in [0.1, 0.15) is 11.6 Å². The molecule has 1 aromatic carbocycles. The lowest BCUT2D eigenvalue weighted by Gasteiger charge is -2.19. The molecule has 0 aliphatic heterocycles. The van der Waals surface area contributed by atoms with Crippen LogP contribution in [0.4, 0.5) is 8.78 Å². The summed E-state index contributed by atoms with van der Waals surface area (Å²) in [6, 6.07) is 4.13. The average molecular weight is 292 g/mol. The predicted octanol–water partition coefficient (Wildman–Crippen LogP) is 3.47. The zero-order chi connectivity index (χ0) is 12.1. The lowest BCUT2D eigenvalue weighted by Crippen LogP contribution is -2.32. The quantitative estimate of drug-likeness (QED) is 0.819. The standard InChI is InChI=1S/C12H16BrF2N/c1-8(6-13)9(2)16-7-10-11(14)4-3-5-12(10)15/h3-5,8-9,16H,6-7H2,1-2H3. The maximum absolute atomic E-state index is 13.3. The van der Waals surface area contributed by atoms with E-state index >= 15 is 0 Å². The minimum atomic E-state index is -0.494. The van der Waals surface area contributed by atoms with Crippen molar-refractivity contribution in [1.29, 1.82) is 0 Å². The van der Waals surface area contributed by atoms with Gasteiger partial charge in [-0.25, -0.2) is 8.78 Å². The Kier molecular flexibility index (Phi) is 5.35. The zero-order valence-corrected chi connectivity index (χ0v) is 11.0. The first-order valence-corrected chi connectivity index (χ1v) is 6.40. The van der Waals surface area contributed by atoms with Gasteiger partial charge in [-0.15, -0.1) is 0 Å². The average Bonchev–Trinajstić information content (AvgIpc) is 2.27. The fourth-order valence-electron chi connectivity index (χ4n) is 1.30. The van der Waals surface area contributed by atoms with Crippen LogP contribution >= 0.6 is 15.9 Å². The molecule has 0 aromatic heterocycles. The van der Waals surface area contributed by atoms with Crippen molar-refractivity contribution < 1.29 is 8.78 Å². The second-order valence-corrected chi connectivity index (χ2v) is 4.65. The molecule has 1 rings (SSSR count). The van der Waals surface area contributed by atoms with Gasteiger partial charge in [-0.1, -0.05) is 28.9 Å². The molecule has 2 unspecified atom stereocenters. The van der Waals surface area contributed by atoms with Crippen LogP contribution in [0.3, 0.4) is 0 Å². The Bertz CT molecular complexity index is 324. The molecular weight excluding hydrogens is 276 g/mol. The van der Waals surface area contributed by atoms with E-state index in [2.05, 4.69) is 28.2 Å². The van der Waals surface area contributed by atoms with Crippen LogP contribution in [-0.4, -0.2) is 11.4 Å². The normalized spacial score (nSPS) is 14.8. The van der Waals surface area contributed by atoms with E-state index in [1.165, 1.54) is 18.2 Å². The van der Waals surface area contributed by atoms with Gasteiger partial charge >= 0.3 is 0 Å². The third kappa shape index (κ3) is 3.52. The highest BCUT2D eigenvalue weighted by atomic mass is 79.9. The number of hydrogen-bond donors (Lipinski definition) is 1. The highest BCUT2D eigenvalue weighted by molar-refractivity contribution is 9.09. The highest BCUT2D eigenvalue weighted by Crippen LogP contribution is 2.13. The van der Waals surface area contributed by atoms with E-state index in [1.54, 1.807) is 0 Å². The molecule has 1 nitrogen and oxygen atoms in total. The van der Waals surface area contributed by atoms with Crippen molar-refractivity contribution in [2.75, 3.05) is 5.33 Å². The van der Waals surface area contributed by atoms with Crippen LogP contribution < -0.4 is 5.32 Å². The molecule has 0 amide bonds. The zero-order valence-electron chi connectivity index (χ0n) is 9.43. The van der Waals surface area contributed by atoms with Crippen LogP contribution in [0, 0.1) is 17.6 Å². The van der Waals surface area contributed by atoms with Gasteiger partial charge in [0.15, 0.2) is 0 Å². The van der Waals surface area contributed by atoms with Gasteiger partial charge in [-0.05, 0) is 25.0 Å². The van der Waals surface area contributed by atoms with Crippen LogP contribution in [0.15, 0.2) is 18.2 Å². The van der Waals surface area contributed by atoms with E-state index < -0.39 is 11.6 Å². The van der Waals surface area contributed by atoms with E-state index in [-0.39, 0.29) is 18.2 Å². The van der Waals surface area contributed by atoms with E-state index in [0.717, 1.165) is 5.33 Å². The lowest BCUT2D eigenvalue weighted by atomic mass is 10.1. The van der Waals surface area contributed by atoms with Gasteiger partial charge in [0.25, 0.3) is 0 Å². The minimum absolute atomic E-state index is 0.108. The number of nitrogens with one attached hydrogen (secondary N) is 1. The summed E-state index contributed by atoms with van der Waals surface area (Å²) in [6.07, 6.45) is 0. The van der Waals surface area contributed by atoms with Crippen LogP contribution in [0.5, 0.6) is 0 Å². The summed E-state index contributed by atoms with van der Waals surface area (Å²) in [6.45, 7) is 4.30. The van der Waals surface area contributed by atoms with Crippen molar-refractivity contribution in [2.24, 2.45) is 5.92 Å². The SMILES string of the molecule is CC(CBr)C(C)NCc1c(F)cccc1F. The number of rotatable bonds is 5. The molecule has 0 heterocycles. The molecule has 0 fully saturated rings. The van der Waals surface area contributed by atoms with Crippen molar-refractivity contribution >= 4 is 15.9 Å². The van der Waals surface area contributed by atoms with Crippen molar-refractivity contribution in [1.82, 2.24) is 5.32 Å². The Hall–Kier alpha value is -0.480. The molecule has 4 heteroatoms. The number of alkyl halides is 1. The maximum Gasteiger partial charge on any atom is 0.130 e. The van der Waals surface area contributed by atoms with Crippen LogP contribution in [0.2, 0.25) is 0 Å². The first kappa shape index (κ1) is 13.6. The third-order valence-electron chi connectivity index (χ3n) is 2.76. The summed E-state index contributed by atoms with van der Waals surface area (Å²) >= 11 is 3.38. The van der Waals surface area contributed by atoms with E-state index in [1.807, 2.05) is 6.92 Å². The van der Waals surface area contributed by atoms with Gasteiger partial charge in [0.05, 0.1) is 0 Å². The molecule has 0 aliphatic carbocycles. The monoisotopic (exact) mass is 291 g/mol. The third-order valence-corrected chi connectivity index (χ3v) is 3.78. The Morgan fingerprint density at radius 3 is 2.31 bits per heavy atom. The van der Waals surface area contributed by atoms with Crippen LogP contribution in [0.1, 0.15) is 19.4 Å². The molecule has 0 radical (unpaired) electrons. The number of halogens is 3. The van der Waals surface area contributed by atoms with E-state index in [0.29, 0.717) is 5.92 Å². The smallest absolute Gasteiger partial charge is 0.130 e. The molecule has 1 N–H and O–H groups in total. The Labute approximate surface area is 103 Å². The molecule has 16 heavy (non-hydrogen) atoms. The first-order chi connectivity index (χ1) is 7.56. The second kappa shape index (κ2) is 6.30. The Morgan fingerprint density at radius 2 is 1.81 bits per heavy atom. The van der Waals surface area contributed by atoms with Gasteiger partial charge < -0.3 is 5.32 Å². The fraction of sp³-hybridized carbons (Fsp3) is 0.500. The first-order valence-electron chi connectivity index (χ1n) is 5.28. The fourth-order valence-corrected chi connectivity index (χ4v) is 1.86. The van der Waals surface area contributed by atoms with Crippen LogP contribution in [-0.2, 0) is 6.54 Å². The van der Waals surface area contributed by atoms with Gasteiger partial charge in [-0.2, -0.15) is 0 Å². The summed E-state index contributed by atoms with van der Waals surface area (Å²) in [5.41, 5.74) is 0.108. The second-order valence-electron chi connectivity index (χ2n) is 4.00. The molecule has 0 saturated carbocycles. The Balaban J connectivity index is 2.61. The summed E-state index contributed by atoms with van der Waals surface area (Å²) < 4.78 is 26.6. The molecule has 0 bridgehead atoms. The lowest BCUT2D eigenvalue weighted by molar-refractivity contribution is 0.421. The van der Waals surface area contributed by atoms with Crippen molar-refractivity contribution in [3.05, 3.63) is 35.4 Å². The molecule has 90 valence electrons. The minimum Gasteiger partial charge on any atom is -0.310 e. The van der Waals surface area contributed by atoms with Crippen LogP contribution in [0.25, 0.3) is 0 Å².